The number of aromatic nitrogens is 2. The number of aryl methyl sites for hydroxylation is 1. The Hall–Kier alpha value is -2.06. The van der Waals surface area contributed by atoms with Crippen molar-refractivity contribution in [2.24, 2.45) is 13.0 Å². The minimum absolute atomic E-state index is 0.115. The minimum Gasteiger partial charge on any atom is -0.340 e. The molecule has 2 aliphatic rings. The van der Waals surface area contributed by atoms with Crippen molar-refractivity contribution in [2.45, 2.75) is 18.1 Å². The van der Waals surface area contributed by atoms with E-state index >= 15 is 0 Å². The first-order chi connectivity index (χ1) is 15.0. The molecule has 1 aromatic heterocycles. The van der Waals surface area contributed by atoms with E-state index < -0.39 is 43.3 Å². The number of carbonyl (C=O) groups is 1. The van der Waals surface area contributed by atoms with E-state index in [0.29, 0.717) is 24.1 Å². The standard InChI is InChI=1S/C18H21ClFN5O5S2/c1-24-8-16(21-10-24)12-4-14(17(20)15(19)5-12)18(26)22-23-31(27,28)9-11-6-25(7-11)32(29,30)13-2-3-13/h4-5,8,10-11,13,23H,2-3,6-7,9H2,1H3,(H,22,26). The monoisotopic (exact) mass is 505 g/mol. The van der Waals surface area contributed by atoms with E-state index in [1.807, 2.05) is 10.3 Å². The fourth-order valence-electron chi connectivity index (χ4n) is 3.42. The summed E-state index contributed by atoms with van der Waals surface area (Å²) in [7, 11) is -5.56. The van der Waals surface area contributed by atoms with Crippen molar-refractivity contribution < 1.29 is 26.0 Å². The van der Waals surface area contributed by atoms with Crippen molar-refractivity contribution in [3.05, 3.63) is 41.1 Å². The van der Waals surface area contributed by atoms with Crippen LogP contribution in [0, 0.1) is 11.7 Å². The topological polar surface area (TPSA) is 130 Å². The Labute approximate surface area is 189 Å². The molecular formula is C18H21ClFN5O5S2. The van der Waals surface area contributed by atoms with Gasteiger partial charge < -0.3 is 4.57 Å². The highest BCUT2D eigenvalue weighted by molar-refractivity contribution is 7.90. The zero-order chi connectivity index (χ0) is 23.3. The van der Waals surface area contributed by atoms with Gasteiger partial charge in [0.2, 0.25) is 20.0 Å². The average Bonchev–Trinajstić information content (AvgIpc) is 3.47. The third-order valence-electron chi connectivity index (χ3n) is 5.28. The van der Waals surface area contributed by atoms with Gasteiger partial charge >= 0.3 is 0 Å². The molecule has 1 aliphatic heterocycles. The molecule has 1 aromatic carbocycles. The van der Waals surface area contributed by atoms with E-state index in [2.05, 4.69) is 4.98 Å². The number of imidazole rings is 1. The second-order valence-electron chi connectivity index (χ2n) is 8.01. The second-order valence-corrected chi connectivity index (χ2v) is 12.4. The summed E-state index contributed by atoms with van der Waals surface area (Å²) in [6, 6.07) is 2.54. The van der Waals surface area contributed by atoms with Gasteiger partial charge in [-0.25, -0.2) is 30.5 Å². The number of sulfonamides is 2. The first-order valence-electron chi connectivity index (χ1n) is 9.72. The van der Waals surface area contributed by atoms with Crippen molar-refractivity contribution in [2.75, 3.05) is 18.8 Å². The molecule has 0 bridgehead atoms. The summed E-state index contributed by atoms with van der Waals surface area (Å²) < 4.78 is 66.1. The van der Waals surface area contributed by atoms with Gasteiger partial charge in [-0.05, 0) is 25.0 Å². The highest BCUT2D eigenvalue weighted by Gasteiger charge is 2.45. The summed E-state index contributed by atoms with van der Waals surface area (Å²) in [4.78, 5) is 18.5. The molecule has 2 heterocycles. The first-order valence-corrected chi connectivity index (χ1v) is 13.3. The van der Waals surface area contributed by atoms with Crippen molar-refractivity contribution in [1.82, 2.24) is 24.1 Å². The molecule has 174 valence electrons. The quantitative estimate of drug-likeness (QED) is 0.512. The largest absolute Gasteiger partial charge is 0.340 e. The lowest BCUT2D eigenvalue weighted by Crippen LogP contribution is -2.55. The Morgan fingerprint density at radius 3 is 2.53 bits per heavy atom. The predicted molar refractivity (Wildman–Crippen MR) is 115 cm³/mol. The number of amides is 1. The van der Waals surface area contributed by atoms with Gasteiger partial charge in [-0.1, -0.05) is 11.6 Å². The van der Waals surface area contributed by atoms with Crippen molar-refractivity contribution in [3.8, 4) is 11.3 Å². The van der Waals surface area contributed by atoms with E-state index in [1.54, 1.807) is 17.8 Å². The third-order valence-corrected chi connectivity index (χ3v) is 9.21. The number of nitrogens with one attached hydrogen (secondary N) is 2. The molecule has 4 rings (SSSR count). The molecule has 2 N–H and O–H groups in total. The van der Waals surface area contributed by atoms with Gasteiger partial charge in [0.1, 0.15) is 0 Å². The molecule has 0 unspecified atom stereocenters. The number of benzene rings is 1. The zero-order valence-corrected chi connectivity index (χ0v) is 19.3. The number of carbonyl (C=O) groups excluding carboxylic acids is 1. The molecule has 0 spiro atoms. The number of rotatable bonds is 8. The van der Waals surface area contributed by atoms with Crippen LogP contribution < -0.4 is 10.3 Å². The molecule has 0 atom stereocenters. The van der Waals surface area contributed by atoms with Crippen LogP contribution in [0.1, 0.15) is 23.2 Å². The van der Waals surface area contributed by atoms with Crippen LogP contribution in [0.3, 0.4) is 0 Å². The highest BCUT2D eigenvalue weighted by Crippen LogP contribution is 2.34. The minimum atomic E-state index is -3.97. The summed E-state index contributed by atoms with van der Waals surface area (Å²) in [5.74, 6) is -2.79. The fourth-order valence-corrected chi connectivity index (χ4v) is 6.79. The lowest BCUT2D eigenvalue weighted by Gasteiger charge is -2.37. The van der Waals surface area contributed by atoms with E-state index in [1.165, 1.54) is 22.8 Å². The maximum atomic E-state index is 14.4. The van der Waals surface area contributed by atoms with Crippen LogP contribution in [0.25, 0.3) is 11.3 Å². The van der Waals surface area contributed by atoms with E-state index in [-0.39, 0.29) is 29.1 Å². The molecule has 1 saturated heterocycles. The molecule has 2 aromatic rings. The van der Waals surface area contributed by atoms with Gasteiger partial charge in [0.15, 0.2) is 5.82 Å². The van der Waals surface area contributed by atoms with Crippen molar-refractivity contribution >= 4 is 37.6 Å². The number of nitrogens with zero attached hydrogens (tertiary/aromatic N) is 3. The van der Waals surface area contributed by atoms with Gasteiger partial charge in [0.05, 0.1) is 33.6 Å². The molecule has 14 heteroatoms. The van der Waals surface area contributed by atoms with Gasteiger partial charge in [0.25, 0.3) is 5.91 Å². The van der Waals surface area contributed by atoms with Crippen LogP contribution in [-0.2, 0) is 27.1 Å². The average molecular weight is 506 g/mol. The molecule has 1 amide bonds. The summed E-state index contributed by atoms with van der Waals surface area (Å²) in [5.41, 5.74) is 2.37. The van der Waals surface area contributed by atoms with Crippen LogP contribution in [0.15, 0.2) is 24.7 Å². The Morgan fingerprint density at radius 1 is 1.25 bits per heavy atom. The van der Waals surface area contributed by atoms with E-state index in [9.17, 15) is 26.0 Å². The summed E-state index contributed by atoms with van der Waals surface area (Å²) in [5, 5.41) is -0.659. The lowest BCUT2D eigenvalue weighted by molar-refractivity contribution is 0.0941. The van der Waals surface area contributed by atoms with Crippen molar-refractivity contribution in [1.29, 1.82) is 0 Å². The molecule has 1 aliphatic carbocycles. The molecule has 10 nitrogen and oxygen atoms in total. The van der Waals surface area contributed by atoms with Crippen LogP contribution in [0.2, 0.25) is 5.02 Å². The van der Waals surface area contributed by atoms with Gasteiger partial charge in [0, 0.05) is 37.8 Å². The number of hydrazine groups is 1. The van der Waals surface area contributed by atoms with Crippen LogP contribution in [-0.4, -0.2) is 60.7 Å². The van der Waals surface area contributed by atoms with Crippen LogP contribution >= 0.6 is 11.6 Å². The fraction of sp³-hybridized carbons (Fsp3) is 0.444. The number of halogens is 2. The third kappa shape index (κ3) is 4.81. The molecule has 0 radical (unpaired) electrons. The maximum absolute atomic E-state index is 14.4. The Balaban J connectivity index is 1.37. The number of hydrogen-bond donors (Lipinski definition) is 2. The SMILES string of the molecule is Cn1cnc(-c2cc(Cl)c(F)c(C(=O)NNS(=O)(=O)CC3CN(S(=O)(=O)C4CC4)C3)c2)c1. The smallest absolute Gasteiger partial charge is 0.269 e. The maximum Gasteiger partial charge on any atom is 0.269 e. The summed E-state index contributed by atoms with van der Waals surface area (Å²) in [6.45, 7) is 0.230. The molecular weight excluding hydrogens is 485 g/mol. The van der Waals surface area contributed by atoms with Gasteiger partial charge in [-0.2, -0.15) is 0 Å². The second kappa shape index (κ2) is 8.37. The van der Waals surface area contributed by atoms with Gasteiger partial charge in [-0.15, -0.1) is 4.83 Å². The first kappa shape index (κ1) is 23.1. The van der Waals surface area contributed by atoms with E-state index in [4.69, 9.17) is 11.6 Å². The molecule has 2 fully saturated rings. The van der Waals surface area contributed by atoms with Gasteiger partial charge in [-0.3, -0.25) is 10.2 Å². The van der Waals surface area contributed by atoms with Crippen molar-refractivity contribution in [3.63, 3.8) is 0 Å². The Morgan fingerprint density at radius 2 is 1.94 bits per heavy atom. The Bertz CT molecular complexity index is 1270. The summed E-state index contributed by atoms with van der Waals surface area (Å²) in [6.07, 6.45) is 4.45. The normalized spacial score (nSPS) is 17.8. The Kier molecular flexibility index (Phi) is 6.05. The highest BCUT2D eigenvalue weighted by atomic mass is 35.5. The molecule has 32 heavy (non-hydrogen) atoms. The summed E-state index contributed by atoms with van der Waals surface area (Å²) >= 11 is 5.90. The van der Waals surface area contributed by atoms with E-state index in [0.717, 1.165) is 0 Å². The van der Waals surface area contributed by atoms with Crippen LogP contribution in [0.5, 0.6) is 0 Å². The van der Waals surface area contributed by atoms with Crippen LogP contribution in [0.4, 0.5) is 4.39 Å². The number of hydrogen-bond acceptors (Lipinski definition) is 6. The lowest BCUT2D eigenvalue weighted by atomic mass is 10.1. The molecule has 1 saturated carbocycles. The zero-order valence-electron chi connectivity index (χ0n) is 17.0. The predicted octanol–water partition coefficient (Wildman–Crippen LogP) is 0.868.